The highest BCUT2D eigenvalue weighted by Crippen LogP contribution is 2.22. The molecule has 0 saturated carbocycles. The topological polar surface area (TPSA) is 45.1 Å². The molecule has 1 unspecified atom stereocenters. The van der Waals surface area contributed by atoms with Crippen LogP contribution < -0.4 is 0 Å². The fraction of sp³-hybridized carbons (Fsp3) is 0.440. The second-order valence-corrected chi connectivity index (χ2v) is 8.11. The Morgan fingerprint density at radius 2 is 1.97 bits per heavy atom. The third-order valence-corrected chi connectivity index (χ3v) is 6.05. The summed E-state index contributed by atoms with van der Waals surface area (Å²) in [5.41, 5.74) is 3.47. The van der Waals surface area contributed by atoms with Gasteiger partial charge in [0, 0.05) is 38.5 Å². The Morgan fingerprint density at radius 1 is 1.13 bits per heavy atom. The van der Waals surface area contributed by atoms with E-state index < -0.39 is 0 Å². The lowest BCUT2D eigenvalue weighted by atomic mass is 9.99. The van der Waals surface area contributed by atoms with Gasteiger partial charge in [-0.15, -0.1) is 0 Å². The molecule has 1 aromatic rings. The molecule has 0 N–H and O–H groups in total. The minimum Gasteiger partial charge on any atom is -0.379 e. The fourth-order valence-corrected chi connectivity index (χ4v) is 4.10. The largest absolute Gasteiger partial charge is 0.379 e. The fourth-order valence-electron chi connectivity index (χ4n) is 4.10. The summed E-state index contributed by atoms with van der Waals surface area (Å²) in [5.74, 6) is 0.549. The first kappa shape index (κ1) is 20.8. The highest BCUT2D eigenvalue weighted by atomic mass is 16.5. The number of morpholine rings is 1. The summed E-state index contributed by atoms with van der Waals surface area (Å²) in [6.07, 6.45) is 12.9. The van der Waals surface area contributed by atoms with Gasteiger partial charge in [-0.1, -0.05) is 42.5 Å². The van der Waals surface area contributed by atoms with Gasteiger partial charge >= 0.3 is 0 Å². The number of carbonyl (C=O) groups is 1. The highest BCUT2D eigenvalue weighted by molar-refractivity contribution is 5.89. The van der Waals surface area contributed by atoms with Gasteiger partial charge in [0.25, 0.3) is 0 Å². The first-order valence-electron chi connectivity index (χ1n) is 11.0. The van der Waals surface area contributed by atoms with Crippen LogP contribution in [0.4, 0.5) is 0 Å². The zero-order chi connectivity index (χ0) is 20.6. The monoisotopic (exact) mass is 405 g/mol. The van der Waals surface area contributed by atoms with Crippen molar-refractivity contribution < 1.29 is 9.53 Å². The molecule has 0 aliphatic carbocycles. The first-order valence-corrected chi connectivity index (χ1v) is 11.0. The summed E-state index contributed by atoms with van der Waals surface area (Å²) in [4.78, 5) is 21.5. The maximum absolute atomic E-state index is 12.5. The van der Waals surface area contributed by atoms with Gasteiger partial charge in [0.15, 0.2) is 0 Å². The minimum absolute atomic E-state index is 0.0592. The van der Waals surface area contributed by atoms with Crippen LogP contribution in [-0.4, -0.2) is 67.9 Å². The van der Waals surface area contributed by atoms with Crippen LogP contribution >= 0.6 is 0 Å². The smallest absolute Gasteiger partial charge is 0.246 e. The molecule has 0 radical (unpaired) electrons. The number of rotatable bonds is 6. The Kier molecular flexibility index (Phi) is 7.27. The SMILES string of the molecule is O=C(/C=C/C1=CCC(CCN2CCOCC2)C=N1)N1CC=C(c2ccccc2)CC1. The first-order chi connectivity index (χ1) is 14.8. The van der Waals surface area contributed by atoms with Crippen LogP contribution in [0.15, 0.2) is 65.3 Å². The molecule has 1 fully saturated rings. The lowest BCUT2D eigenvalue weighted by Crippen LogP contribution is -2.37. The third kappa shape index (κ3) is 5.77. The molecule has 0 spiro atoms. The summed E-state index contributed by atoms with van der Waals surface area (Å²) in [6, 6.07) is 10.4. The molecule has 5 heteroatoms. The zero-order valence-electron chi connectivity index (χ0n) is 17.6. The van der Waals surface area contributed by atoms with Crippen LogP contribution in [-0.2, 0) is 9.53 Å². The summed E-state index contributed by atoms with van der Waals surface area (Å²) in [7, 11) is 0. The van der Waals surface area contributed by atoms with E-state index >= 15 is 0 Å². The second-order valence-electron chi connectivity index (χ2n) is 8.11. The standard InChI is InChI=1S/C25H31N3O2/c29-25(28-14-11-23(12-15-28)22-4-2-1-3-5-22)9-8-24-7-6-21(20-26-24)10-13-27-16-18-30-19-17-27/h1-5,7-9,11,20-21H,6,10,12-19H2/b9-8+. The Bertz CT molecular complexity index is 835. The van der Waals surface area contributed by atoms with Gasteiger partial charge in [-0.05, 0) is 48.9 Å². The maximum Gasteiger partial charge on any atom is 0.246 e. The molecule has 3 heterocycles. The number of aliphatic imine (C=N–C) groups is 1. The van der Waals surface area contributed by atoms with Crippen molar-refractivity contribution in [2.45, 2.75) is 19.3 Å². The van der Waals surface area contributed by atoms with Crippen LogP contribution in [0.5, 0.6) is 0 Å². The van der Waals surface area contributed by atoms with Crippen molar-refractivity contribution >= 4 is 17.7 Å². The van der Waals surface area contributed by atoms with Crippen molar-refractivity contribution in [2.75, 3.05) is 45.9 Å². The number of ether oxygens (including phenoxy) is 1. The van der Waals surface area contributed by atoms with Crippen LogP contribution in [0, 0.1) is 5.92 Å². The van der Waals surface area contributed by atoms with Gasteiger partial charge < -0.3 is 9.64 Å². The van der Waals surface area contributed by atoms with E-state index in [1.165, 1.54) is 11.1 Å². The molecule has 4 rings (SSSR count). The van der Waals surface area contributed by atoms with Gasteiger partial charge in [-0.3, -0.25) is 14.7 Å². The van der Waals surface area contributed by atoms with Gasteiger partial charge in [0.1, 0.15) is 0 Å². The molecule has 1 aromatic carbocycles. The molecular weight excluding hydrogens is 374 g/mol. The van der Waals surface area contributed by atoms with E-state index in [1.807, 2.05) is 17.0 Å². The Morgan fingerprint density at radius 3 is 2.67 bits per heavy atom. The third-order valence-electron chi connectivity index (χ3n) is 6.05. The zero-order valence-corrected chi connectivity index (χ0v) is 17.6. The molecule has 1 atom stereocenters. The van der Waals surface area contributed by atoms with Crippen LogP contribution in [0.1, 0.15) is 24.8 Å². The van der Waals surface area contributed by atoms with Crippen molar-refractivity contribution in [1.82, 2.24) is 9.80 Å². The molecule has 158 valence electrons. The average Bonchev–Trinajstić information content (AvgIpc) is 2.83. The number of carbonyl (C=O) groups excluding carboxylic acids is 1. The number of amides is 1. The molecule has 0 bridgehead atoms. The van der Waals surface area contributed by atoms with Crippen LogP contribution in [0.25, 0.3) is 5.57 Å². The molecule has 3 aliphatic rings. The molecular formula is C25H31N3O2. The predicted molar refractivity (Wildman–Crippen MR) is 121 cm³/mol. The van der Waals surface area contributed by atoms with Crippen LogP contribution in [0.2, 0.25) is 0 Å². The number of nitrogens with zero attached hydrogens (tertiary/aromatic N) is 3. The molecule has 1 saturated heterocycles. The van der Waals surface area contributed by atoms with Crippen molar-refractivity contribution in [2.24, 2.45) is 10.9 Å². The van der Waals surface area contributed by atoms with Crippen molar-refractivity contribution in [3.8, 4) is 0 Å². The van der Waals surface area contributed by atoms with Crippen molar-refractivity contribution in [3.05, 3.63) is 65.9 Å². The van der Waals surface area contributed by atoms with Gasteiger partial charge in [0.05, 0.1) is 18.9 Å². The normalized spacial score (nSPS) is 22.8. The number of hydrogen-bond donors (Lipinski definition) is 0. The van der Waals surface area contributed by atoms with E-state index in [0.29, 0.717) is 12.5 Å². The quantitative estimate of drug-likeness (QED) is 0.680. The minimum atomic E-state index is 0.0592. The average molecular weight is 406 g/mol. The van der Waals surface area contributed by atoms with Crippen molar-refractivity contribution in [3.63, 3.8) is 0 Å². The number of hydrogen-bond acceptors (Lipinski definition) is 4. The van der Waals surface area contributed by atoms with E-state index in [1.54, 1.807) is 6.08 Å². The summed E-state index contributed by atoms with van der Waals surface area (Å²) >= 11 is 0. The number of allylic oxidation sites excluding steroid dienone is 2. The lowest BCUT2D eigenvalue weighted by Gasteiger charge is -2.27. The van der Waals surface area contributed by atoms with Gasteiger partial charge in [-0.25, -0.2) is 0 Å². The van der Waals surface area contributed by atoms with Crippen LogP contribution in [0.3, 0.4) is 0 Å². The predicted octanol–water partition coefficient (Wildman–Crippen LogP) is 3.56. The lowest BCUT2D eigenvalue weighted by molar-refractivity contribution is -0.125. The summed E-state index contributed by atoms with van der Waals surface area (Å²) in [6.45, 7) is 6.30. The molecule has 0 aromatic heterocycles. The number of benzene rings is 1. The summed E-state index contributed by atoms with van der Waals surface area (Å²) in [5, 5.41) is 0. The van der Waals surface area contributed by atoms with E-state index in [4.69, 9.17) is 4.74 Å². The second kappa shape index (κ2) is 10.5. The van der Waals surface area contributed by atoms with E-state index in [2.05, 4.69) is 52.5 Å². The summed E-state index contributed by atoms with van der Waals surface area (Å²) < 4.78 is 5.40. The van der Waals surface area contributed by atoms with E-state index in [-0.39, 0.29) is 5.91 Å². The van der Waals surface area contributed by atoms with E-state index in [0.717, 1.165) is 64.4 Å². The molecule has 1 amide bonds. The molecule has 3 aliphatic heterocycles. The Balaban J connectivity index is 1.21. The Hall–Kier alpha value is -2.50. The maximum atomic E-state index is 12.5. The Labute approximate surface area is 179 Å². The van der Waals surface area contributed by atoms with Crippen molar-refractivity contribution in [1.29, 1.82) is 0 Å². The molecule has 30 heavy (non-hydrogen) atoms. The highest BCUT2D eigenvalue weighted by Gasteiger charge is 2.17. The molecule has 5 nitrogen and oxygen atoms in total. The van der Waals surface area contributed by atoms with Gasteiger partial charge in [0.2, 0.25) is 5.91 Å². The van der Waals surface area contributed by atoms with Gasteiger partial charge in [-0.2, -0.15) is 0 Å². The van der Waals surface area contributed by atoms with E-state index in [9.17, 15) is 4.79 Å².